The second-order valence-corrected chi connectivity index (χ2v) is 22.9. The first kappa shape index (κ1) is 24.8. The fourth-order valence-electron chi connectivity index (χ4n) is 5.52. The topological polar surface area (TPSA) is 73.7 Å². The Kier molecular flexibility index (Phi) is 8.02. The van der Waals surface area contributed by atoms with Crippen LogP contribution in [0.1, 0.15) is 70.4 Å². The van der Waals surface area contributed by atoms with Crippen LogP contribution in [0.25, 0.3) is 5.57 Å². The summed E-state index contributed by atoms with van der Waals surface area (Å²) >= 11 is -2.60. The number of carbonyl (C=O) groups is 1. The number of amides is 1. The monoisotopic (exact) mass is 567 g/mol. The van der Waals surface area contributed by atoms with E-state index in [0.717, 1.165) is 22.5 Å². The molecule has 0 fully saturated rings. The summed E-state index contributed by atoms with van der Waals surface area (Å²) in [7, 11) is 0. The van der Waals surface area contributed by atoms with E-state index in [1.807, 2.05) is 24.3 Å². The van der Waals surface area contributed by atoms with Crippen LogP contribution in [-0.2, 0) is 4.79 Å². The first-order valence-corrected chi connectivity index (χ1v) is 20.4. The van der Waals surface area contributed by atoms with Crippen LogP contribution in [0.3, 0.4) is 0 Å². The van der Waals surface area contributed by atoms with Crippen molar-refractivity contribution in [2.45, 2.75) is 72.6 Å². The third-order valence-electron chi connectivity index (χ3n) is 7.43. The molecule has 2 aromatic carbocycles. The molecule has 0 saturated carbocycles. The molecule has 5 nitrogen and oxygen atoms in total. The van der Waals surface area contributed by atoms with Gasteiger partial charge in [-0.2, -0.15) is 0 Å². The van der Waals surface area contributed by atoms with E-state index in [2.05, 4.69) is 54.8 Å². The molecule has 6 heteroatoms. The third-order valence-corrected chi connectivity index (χ3v) is 23.0. The maximum atomic E-state index is 13.2. The second-order valence-electron chi connectivity index (χ2n) is 9.67. The number of carbonyl (C=O) groups excluding carboxylic acids is 1. The van der Waals surface area contributed by atoms with Gasteiger partial charge in [-0.1, -0.05) is 0 Å². The van der Waals surface area contributed by atoms with E-state index in [4.69, 9.17) is 0 Å². The number of unbranched alkanes of at least 4 members (excludes halogenated alkanes) is 3. The van der Waals surface area contributed by atoms with Crippen molar-refractivity contribution in [2.24, 2.45) is 5.16 Å². The standard InChI is InChI=1S/C16H10N3O2.3C4H9.Sn/c20-16-13(9-5-1-3-7-11(9)18-16)15-14(19-21)10-6-2-4-8-12(10)17-15;3*1-3-4-2;/h1-2,4-8,17,21H,(H,18,20);3*1,3-4H2,2H3;. The number of hydrogen-bond donors (Lipinski definition) is 3. The number of allylic oxidation sites excluding steroid dienone is 1. The Morgan fingerprint density at radius 3 is 2.09 bits per heavy atom. The molecule has 0 spiro atoms. The summed E-state index contributed by atoms with van der Waals surface area (Å²) in [6.07, 6.45) is 7.64. The van der Waals surface area contributed by atoms with Gasteiger partial charge in [-0.15, -0.1) is 0 Å². The summed E-state index contributed by atoms with van der Waals surface area (Å²) in [4.78, 5) is 13.2. The molecule has 0 radical (unpaired) electrons. The van der Waals surface area contributed by atoms with Gasteiger partial charge in [-0.3, -0.25) is 0 Å². The molecule has 0 saturated heterocycles. The quantitative estimate of drug-likeness (QED) is 0.130. The van der Waals surface area contributed by atoms with Crippen LogP contribution in [0.2, 0.25) is 13.3 Å². The molecular formula is C28H37N3O2Sn. The van der Waals surface area contributed by atoms with E-state index in [1.165, 1.54) is 51.8 Å². The zero-order chi connectivity index (χ0) is 24.1. The number of anilines is 2. The van der Waals surface area contributed by atoms with Crippen LogP contribution >= 0.6 is 0 Å². The van der Waals surface area contributed by atoms with E-state index >= 15 is 0 Å². The predicted octanol–water partition coefficient (Wildman–Crippen LogP) is 6.71. The molecule has 0 atom stereocenters. The zero-order valence-electron chi connectivity index (χ0n) is 20.7. The Balaban J connectivity index is 1.77. The Hall–Kier alpha value is -2.28. The van der Waals surface area contributed by atoms with Gasteiger partial charge in [0.1, 0.15) is 0 Å². The number of para-hydroxylation sites is 1. The first-order chi connectivity index (χ1) is 16.6. The second kappa shape index (κ2) is 11.0. The normalized spacial score (nSPS) is 18.1. The molecule has 0 bridgehead atoms. The predicted molar refractivity (Wildman–Crippen MR) is 145 cm³/mol. The number of fused-ring (bicyclic) bond motifs is 2. The van der Waals surface area contributed by atoms with Gasteiger partial charge < -0.3 is 0 Å². The summed E-state index contributed by atoms with van der Waals surface area (Å²) in [5.74, 6) is -0.139. The van der Waals surface area contributed by atoms with Crippen molar-refractivity contribution in [1.82, 2.24) is 0 Å². The van der Waals surface area contributed by atoms with Crippen molar-refractivity contribution >= 4 is 50.5 Å². The van der Waals surface area contributed by atoms with Crippen molar-refractivity contribution in [3.63, 3.8) is 0 Å². The average Bonchev–Trinajstić information content (AvgIpc) is 3.39. The number of hydrogen-bond acceptors (Lipinski definition) is 4. The van der Waals surface area contributed by atoms with Gasteiger partial charge in [0.05, 0.1) is 0 Å². The summed E-state index contributed by atoms with van der Waals surface area (Å²) in [5, 5.41) is 19.8. The van der Waals surface area contributed by atoms with Gasteiger partial charge in [0, 0.05) is 0 Å². The molecule has 0 aliphatic carbocycles. The minimum absolute atomic E-state index is 0.139. The molecule has 4 rings (SSSR count). The molecule has 2 aliphatic rings. The molecule has 3 N–H and O–H groups in total. The van der Waals surface area contributed by atoms with Gasteiger partial charge in [0.2, 0.25) is 0 Å². The van der Waals surface area contributed by atoms with E-state index < -0.39 is 18.4 Å². The molecule has 2 aliphatic heterocycles. The fraction of sp³-hybridized carbons (Fsp3) is 0.429. The SMILES string of the molecule is CCC[CH2][Sn]([CH2]CCC)([CH2]CCC)[c]1ccc2c(c1)NC(=O)C2=C1Nc2ccccc2C1=NO. The van der Waals surface area contributed by atoms with Gasteiger partial charge in [0.15, 0.2) is 0 Å². The number of oxime groups is 1. The summed E-state index contributed by atoms with van der Waals surface area (Å²) in [6.45, 7) is 6.89. The number of nitrogens with zero attached hydrogens (tertiary/aromatic N) is 1. The van der Waals surface area contributed by atoms with Crippen LogP contribution < -0.4 is 14.2 Å². The maximum absolute atomic E-state index is 13.2. The Bertz CT molecular complexity index is 1100. The van der Waals surface area contributed by atoms with Gasteiger partial charge >= 0.3 is 208 Å². The summed E-state index contributed by atoms with van der Waals surface area (Å²) in [6, 6.07) is 14.4. The van der Waals surface area contributed by atoms with Crippen LogP contribution in [0.15, 0.2) is 53.3 Å². The van der Waals surface area contributed by atoms with Gasteiger partial charge in [-0.25, -0.2) is 0 Å². The fourth-order valence-corrected chi connectivity index (χ4v) is 21.5. The van der Waals surface area contributed by atoms with Crippen molar-refractivity contribution < 1.29 is 10.0 Å². The third kappa shape index (κ3) is 4.64. The molecule has 0 unspecified atom stereocenters. The molecular weight excluding hydrogens is 529 g/mol. The minimum atomic E-state index is -2.60. The molecule has 0 aromatic heterocycles. The molecule has 2 heterocycles. The van der Waals surface area contributed by atoms with Crippen LogP contribution in [0, 0.1) is 0 Å². The van der Waals surface area contributed by atoms with Crippen molar-refractivity contribution in [1.29, 1.82) is 0 Å². The van der Waals surface area contributed by atoms with Gasteiger partial charge in [0.25, 0.3) is 0 Å². The van der Waals surface area contributed by atoms with Crippen molar-refractivity contribution in [3.05, 3.63) is 59.3 Å². The Labute approximate surface area is 207 Å². The van der Waals surface area contributed by atoms with Crippen molar-refractivity contribution in [3.8, 4) is 0 Å². The van der Waals surface area contributed by atoms with Crippen LogP contribution in [-0.4, -0.2) is 35.2 Å². The number of nitrogens with one attached hydrogen (secondary N) is 2. The molecule has 2 aromatic rings. The molecule has 1 amide bonds. The van der Waals surface area contributed by atoms with E-state index in [1.54, 1.807) is 3.58 Å². The van der Waals surface area contributed by atoms with Crippen LogP contribution in [0.5, 0.6) is 0 Å². The Morgan fingerprint density at radius 2 is 1.47 bits per heavy atom. The number of rotatable bonds is 10. The van der Waals surface area contributed by atoms with Gasteiger partial charge in [-0.05, 0) is 0 Å². The van der Waals surface area contributed by atoms with E-state index in [-0.39, 0.29) is 5.91 Å². The molecule has 180 valence electrons. The molecule has 34 heavy (non-hydrogen) atoms. The Morgan fingerprint density at radius 1 is 0.824 bits per heavy atom. The van der Waals surface area contributed by atoms with E-state index in [9.17, 15) is 10.0 Å². The van der Waals surface area contributed by atoms with Crippen LogP contribution in [0.4, 0.5) is 11.4 Å². The first-order valence-electron chi connectivity index (χ1n) is 12.9. The zero-order valence-corrected chi connectivity index (χ0v) is 23.6. The summed E-state index contributed by atoms with van der Waals surface area (Å²) < 4.78 is 5.73. The average molecular weight is 566 g/mol. The number of benzene rings is 2. The van der Waals surface area contributed by atoms with Crippen molar-refractivity contribution in [2.75, 3.05) is 10.6 Å². The van der Waals surface area contributed by atoms with E-state index in [0.29, 0.717) is 17.0 Å². The summed E-state index contributed by atoms with van der Waals surface area (Å²) in [5.41, 5.74) is 5.01.